The SMILES string of the molecule is O=C(N[C@H]1CCC[C@H]1C(=O)O)c1ccc(-n2cnnn2)cc1. The predicted molar refractivity (Wildman–Crippen MR) is 75.4 cm³/mol. The number of aliphatic carboxylic acids is 1. The van der Waals surface area contributed by atoms with Crippen LogP contribution < -0.4 is 5.32 Å². The molecule has 0 spiro atoms. The number of carbonyl (C=O) groups excluding carboxylic acids is 1. The van der Waals surface area contributed by atoms with Crippen molar-refractivity contribution < 1.29 is 14.7 Å². The predicted octanol–water partition coefficient (Wildman–Crippen LogP) is 0.645. The van der Waals surface area contributed by atoms with Crippen LogP contribution in [0.2, 0.25) is 0 Å². The number of hydrogen-bond acceptors (Lipinski definition) is 5. The van der Waals surface area contributed by atoms with Crippen LogP contribution in [0.1, 0.15) is 29.6 Å². The van der Waals surface area contributed by atoms with E-state index >= 15 is 0 Å². The summed E-state index contributed by atoms with van der Waals surface area (Å²) in [6.07, 6.45) is 3.59. The molecule has 1 amide bonds. The maximum absolute atomic E-state index is 12.2. The Labute approximate surface area is 126 Å². The summed E-state index contributed by atoms with van der Waals surface area (Å²) in [6, 6.07) is 6.49. The van der Waals surface area contributed by atoms with E-state index in [4.69, 9.17) is 5.11 Å². The van der Waals surface area contributed by atoms with Gasteiger partial charge in [-0.15, -0.1) is 5.10 Å². The second kappa shape index (κ2) is 5.92. The molecule has 1 fully saturated rings. The summed E-state index contributed by atoms with van der Waals surface area (Å²) in [5.41, 5.74) is 1.22. The van der Waals surface area contributed by atoms with E-state index in [0.717, 1.165) is 12.1 Å². The van der Waals surface area contributed by atoms with Crippen molar-refractivity contribution in [2.45, 2.75) is 25.3 Å². The van der Waals surface area contributed by atoms with E-state index in [1.807, 2.05) is 0 Å². The van der Waals surface area contributed by atoms with E-state index < -0.39 is 11.9 Å². The molecule has 22 heavy (non-hydrogen) atoms. The monoisotopic (exact) mass is 301 g/mol. The molecule has 1 aromatic heterocycles. The summed E-state index contributed by atoms with van der Waals surface area (Å²) < 4.78 is 1.49. The molecule has 1 aromatic carbocycles. The van der Waals surface area contributed by atoms with E-state index in [1.165, 1.54) is 11.0 Å². The maximum atomic E-state index is 12.2. The Morgan fingerprint density at radius 1 is 1.23 bits per heavy atom. The molecule has 1 aliphatic carbocycles. The highest BCUT2D eigenvalue weighted by Crippen LogP contribution is 2.26. The van der Waals surface area contributed by atoms with Crippen LogP contribution in [0.15, 0.2) is 30.6 Å². The summed E-state index contributed by atoms with van der Waals surface area (Å²) in [6.45, 7) is 0. The van der Waals surface area contributed by atoms with E-state index in [9.17, 15) is 9.59 Å². The van der Waals surface area contributed by atoms with Gasteiger partial charge in [0.1, 0.15) is 6.33 Å². The number of amides is 1. The van der Waals surface area contributed by atoms with Crippen molar-refractivity contribution in [1.29, 1.82) is 0 Å². The Hall–Kier alpha value is -2.77. The summed E-state index contributed by atoms with van der Waals surface area (Å²) >= 11 is 0. The molecule has 0 saturated heterocycles. The number of hydrogen-bond donors (Lipinski definition) is 2. The van der Waals surface area contributed by atoms with Crippen LogP contribution in [-0.2, 0) is 4.79 Å². The van der Waals surface area contributed by atoms with Gasteiger partial charge in [-0.05, 0) is 47.5 Å². The third-order valence-electron chi connectivity index (χ3n) is 3.89. The van der Waals surface area contributed by atoms with Crippen LogP contribution in [0.25, 0.3) is 5.69 Å². The third kappa shape index (κ3) is 2.80. The quantitative estimate of drug-likeness (QED) is 0.857. The largest absolute Gasteiger partial charge is 0.481 e. The van der Waals surface area contributed by atoms with Crippen LogP contribution in [0.3, 0.4) is 0 Å². The molecule has 2 atom stereocenters. The van der Waals surface area contributed by atoms with Gasteiger partial charge in [0.25, 0.3) is 5.91 Å². The van der Waals surface area contributed by atoms with Gasteiger partial charge in [-0.2, -0.15) is 0 Å². The number of rotatable bonds is 4. The minimum atomic E-state index is -0.850. The molecular formula is C14H15N5O3. The zero-order valence-electron chi connectivity index (χ0n) is 11.7. The molecule has 0 unspecified atom stereocenters. The average Bonchev–Trinajstić information content (AvgIpc) is 3.18. The zero-order valence-corrected chi connectivity index (χ0v) is 11.7. The van der Waals surface area contributed by atoms with Gasteiger partial charge in [0, 0.05) is 11.6 Å². The Morgan fingerprint density at radius 2 is 2.00 bits per heavy atom. The molecule has 114 valence electrons. The standard InChI is InChI=1S/C14H15N5O3/c20-13(16-12-3-1-2-11(12)14(21)22)9-4-6-10(7-5-9)19-8-15-17-18-19/h4-8,11-12H,1-3H2,(H,16,20)(H,21,22)/t11-,12+/m1/s1. The molecule has 1 heterocycles. The Balaban J connectivity index is 1.69. The molecule has 8 heteroatoms. The fourth-order valence-electron chi connectivity index (χ4n) is 2.73. The van der Waals surface area contributed by atoms with Crippen molar-refractivity contribution in [2.24, 2.45) is 5.92 Å². The topological polar surface area (TPSA) is 110 Å². The number of benzene rings is 1. The first-order valence-corrected chi connectivity index (χ1v) is 7.02. The van der Waals surface area contributed by atoms with Gasteiger partial charge in [-0.25, -0.2) is 4.68 Å². The lowest BCUT2D eigenvalue weighted by Gasteiger charge is -2.17. The lowest BCUT2D eigenvalue weighted by molar-refractivity contribution is -0.142. The number of carboxylic acid groups (broad SMARTS) is 1. The minimum absolute atomic E-state index is 0.263. The Kier molecular flexibility index (Phi) is 3.82. The molecule has 0 bridgehead atoms. The van der Waals surface area contributed by atoms with Crippen LogP contribution >= 0.6 is 0 Å². The van der Waals surface area contributed by atoms with Crippen molar-refractivity contribution in [2.75, 3.05) is 0 Å². The van der Waals surface area contributed by atoms with Crippen molar-refractivity contribution in [3.63, 3.8) is 0 Å². The van der Waals surface area contributed by atoms with Gasteiger partial charge >= 0.3 is 5.97 Å². The second-order valence-electron chi connectivity index (χ2n) is 5.26. The van der Waals surface area contributed by atoms with Crippen LogP contribution in [0.4, 0.5) is 0 Å². The van der Waals surface area contributed by atoms with E-state index in [2.05, 4.69) is 20.8 Å². The zero-order chi connectivity index (χ0) is 15.5. The van der Waals surface area contributed by atoms with Gasteiger partial charge in [0.05, 0.1) is 11.6 Å². The smallest absolute Gasteiger partial charge is 0.308 e. The van der Waals surface area contributed by atoms with Crippen molar-refractivity contribution in [3.05, 3.63) is 36.2 Å². The first kappa shape index (κ1) is 14.2. The fraction of sp³-hybridized carbons (Fsp3) is 0.357. The van der Waals surface area contributed by atoms with Crippen molar-refractivity contribution in [1.82, 2.24) is 25.5 Å². The first-order valence-electron chi connectivity index (χ1n) is 7.02. The second-order valence-corrected chi connectivity index (χ2v) is 5.26. The maximum Gasteiger partial charge on any atom is 0.308 e. The van der Waals surface area contributed by atoms with E-state index in [1.54, 1.807) is 24.3 Å². The summed E-state index contributed by atoms with van der Waals surface area (Å²) in [5.74, 6) is -1.61. The molecular weight excluding hydrogens is 286 g/mol. The summed E-state index contributed by atoms with van der Waals surface area (Å²) in [4.78, 5) is 23.3. The summed E-state index contributed by atoms with van der Waals surface area (Å²) in [5, 5.41) is 22.8. The molecule has 8 nitrogen and oxygen atoms in total. The van der Waals surface area contributed by atoms with Gasteiger partial charge in [0.15, 0.2) is 0 Å². The highest BCUT2D eigenvalue weighted by atomic mass is 16.4. The van der Waals surface area contributed by atoms with Gasteiger partial charge in [-0.1, -0.05) is 6.42 Å². The number of nitrogens with one attached hydrogen (secondary N) is 1. The lowest BCUT2D eigenvalue weighted by Crippen LogP contribution is -2.40. The molecule has 2 aromatic rings. The molecule has 0 radical (unpaired) electrons. The van der Waals surface area contributed by atoms with Crippen molar-refractivity contribution in [3.8, 4) is 5.69 Å². The van der Waals surface area contributed by atoms with Crippen LogP contribution in [-0.4, -0.2) is 43.2 Å². The van der Waals surface area contributed by atoms with Gasteiger partial charge in [-0.3, -0.25) is 9.59 Å². The first-order chi connectivity index (χ1) is 10.6. The van der Waals surface area contributed by atoms with E-state index in [0.29, 0.717) is 18.4 Å². The highest BCUT2D eigenvalue weighted by molar-refractivity contribution is 5.94. The minimum Gasteiger partial charge on any atom is -0.481 e. The van der Waals surface area contributed by atoms with Crippen LogP contribution in [0.5, 0.6) is 0 Å². The number of tetrazole rings is 1. The number of aromatic nitrogens is 4. The Morgan fingerprint density at radius 3 is 2.64 bits per heavy atom. The van der Waals surface area contributed by atoms with Gasteiger partial charge in [0.2, 0.25) is 0 Å². The number of nitrogens with zero attached hydrogens (tertiary/aromatic N) is 4. The molecule has 1 aliphatic rings. The molecule has 0 aliphatic heterocycles. The lowest BCUT2D eigenvalue weighted by atomic mass is 10.0. The molecule has 3 rings (SSSR count). The molecule has 2 N–H and O–H groups in total. The van der Waals surface area contributed by atoms with Crippen molar-refractivity contribution >= 4 is 11.9 Å². The number of carbonyl (C=O) groups is 2. The normalized spacial score (nSPS) is 20.7. The number of carboxylic acids is 1. The van der Waals surface area contributed by atoms with Gasteiger partial charge < -0.3 is 10.4 Å². The Bertz CT molecular complexity index is 668. The third-order valence-corrected chi connectivity index (χ3v) is 3.89. The highest BCUT2D eigenvalue weighted by Gasteiger charge is 2.33. The molecule has 1 saturated carbocycles. The van der Waals surface area contributed by atoms with Crippen LogP contribution in [0, 0.1) is 5.92 Å². The van der Waals surface area contributed by atoms with E-state index in [-0.39, 0.29) is 11.9 Å². The fourth-order valence-corrected chi connectivity index (χ4v) is 2.73. The average molecular weight is 301 g/mol. The summed E-state index contributed by atoms with van der Waals surface area (Å²) in [7, 11) is 0.